The van der Waals surface area contributed by atoms with Gasteiger partial charge < -0.3 is 14.8 Å². The predicted octanol–water partition coefficient (Wildman–Crippen LogP) is 3.65. The number of nitrogens with zero attached hydrogens (tertiary/aromatic N) is 1. The van der Waals surface area contributed by atoms with Crippen molar-refractivity contribution in [2.75, 3.05) is 19.5 Å². The number of rotatable bonds is 9. The third-order valence-corrected chi connectivity index (χ3v) is 6.00. The third kappa shape index (κ3) is 5.97. The van der Waals surface area contributed by atoms with E-state index in [0.29, 0.717) is 12.3 Å². The van der Waals surface area contributed by atoms with Crippen molar-refractivity contribution in [3.63, 3.8) is 0 Å². The Balaban J connectivity index is 1.32. The Labute approximate surface area is 171 Å². The summed E-state index contributed by atoms with van der Waals surface area (Å²) in [7, 11) is 1.60. The summed E-state index contributed by atoms with van der Waals surface area (Å²) in [6.07, 6.45) is 0.229. The first-order valence-corrected chi connectivity index (χ1v) is 10.5. The van der Waals surface area contributed by atoms with E-state index in [1.165, 1.54) is 11.8 Å². The quantitative estimate of drug-likeness (QED) is 0.424. The summed E-state index contributed by atoms with van der Waals surface area (Å²) in [5.41, 5.74) is 1.90. The van der Waals surface area contributed by atoms with E-state index < -0.39 is 5.97 Å². The lowest BCUT2D eigenvalue weighted by Gasteiger charge is -2.07. The van der Waals surface area contributed by atoms with Gasteiger partial charge in [-0.25, -0.2) is 4.98 Å². The number of hydrogen-bond acceptors (Lipinski definition) is 7. The van der Waals surface area contributed by atoms with Crippen LogP contribution in [0.2, 0.25) is 0 Å². The lowest BCUT2D eigenvalue weighted by atomic mass is 10.2. The molecule has 8 heteroatoms. The fourth-order valence-electron chi connectivity index (χ4n) is 2.35. The predicted molar refractivity (Wildman–Crippen MR) is 111 cm³/mol. The first-order valence-electron chi connectivity index (χ1n) is 8.67. The summed E-state index contributed by atoms with van der Waals surface area (Å²) in [6.45, 7) is 0.0919. The number of hydrogen-bond donors (Lipinski definition) is 1. The molecule has 6 nitrogen and oxygen atoms in total. The zero-order chi connectivity index (χ0) is 19.8. The van der Waals surface area contributed by atoms with Crippen molar-refractivity contribution < 1.29 is 19.1 Å². The van der Waals surface area contributed by atoms with E-state index in [4.69, 9.17) is 9.47 Å². The number of carbonyl (C=O) groups is 2. The molecule has 0 atom stereocenters. The molecule has 0 aliphatic rings. The van der Waals surface area contributed by atoms with Crippen LogP contribution in [0.25, 0.3) is 10.2 Å². The van der Waals surface area contributed by atoms with E-state index in [1.807, 2.05) is 48.5 Å². The molecule has 1 amide bonds. The minimum atomic E-state index is -0.395. The van der Waals surface area contributed by atoms with Crippen LogP contribution in [0.5, 0.6) is 5.75 Å². The average molecular weight is 417 g/mol. The zero-order valence-electron chi connectivity index (χ0n) is 15.3. The fraction of sp³-hybridized carbons (Fsp3) is 0.250. The third-order valence-electron chi connectivity index (χ3n) is 3.82. The fourth-order valence-corrected chi connectivity index (χ4v) is 4.41. The van der Waals surface area contributed by atoms with Gasteiger partial charge in [0.25, 0.3) is 5.91 Å². The lowest BCUT2D eigenvalue weighted by Crippen LogP contribution is -2.28. The van der Waals surface area contributed by atoms with Crippen molar-refractivity contribution >= 4 is 45.2 Å². The molecule has 3 rings (SSSR count). The normalized spacial score (nSPS) is 10.6. The number of thiazole rings is 1. The summed E-state index contributed by atoms with van der Waals surface area (Å²) in [6, 6.07) is 15.3. The van der Waals surface area contributed by atoms with Crippen molar-refractivity contribution in [2.24, 2.45) is 0 Å². The molecule has 0 aliphatic heterocycles. The van der Waals surface area contributed by atoms with Crippen molar-refractivity contribution in [2.45, 2.75) is 17.3 Å². The number of nitrogens with one attached hydrogen (secondary N) is 1. The number of aromatic nitrogens is 1. The maximum absolute atomic E-state index is 11.8. The molecule has 0 aliphatic carbocycles. The number of amides is 1. The van der Waals surface area contributed by atoms with Gasteiger partial charge in [-0.3, -0.25) is 9.59 Å². The van der Waals surface area contributed by atoms with Crippen molar-refractivity contribution in [1.29, 1.82) is 0 Å². The van der Waals surface area contributed by atoms with Crippen LogP contribution >= 0.6 is 23.1 Å². The standard InChI is InChI=1S/C20H20N2O4S2/c1-25-15-8-6-14(7-9-15)12-21-18(23)13-26-19(24)10-11-27-20-22-16-4-2-3-5-17(16)28-20/h2-9H,10-13H2,1H3,(H,21,23). The average Bonchev–Trinajstić information content (AvgIpc) is 3.14. The van der Waals surface area contributed by atoms with Gasteiger partial charge in [0.1, 0.15) is 5.75 Å². The van der Waals surface area contributed by atoms with Gasteiger partial charge in [0.2, 0.25) is 0 Å². The van der Waals surface area contributed by atoms with E-state index in [9.17, 15) is 9.59 Å². The molecule has 2 aromatic carbocycles. The van der Waals surface area contributed by atoms with Gasteiger partial charge in [0, 0.05) is 12.3 Å². The highest BCUT2D eigenvalue weighted by Crippen LogP contribution is 2.29. The molecular formula is C20H20N2O4S2. The molecular weight excluding hydrogens is 396 g/mol. The topological polar surface area (TPSA) is 77.5 Å². The van der Waals surface area contributed by atoms with Crippen LogP contribution in [0.1, 0.15) is 12.0 Å². The van der Waals surface area contributed by atoms with Gasteiger partial charge >= 0.3 is 5.97 Å². The maximum atomic E-state index is 11.8. The number of esters is 1. The van der Waals surface area contributed by atoms with Gasteiger partial charge in [0.05, 0.1) is 23.7 Å². The summed E-state index contributed by atoms with van der Waals surface area (Å²) in [4.78, 5) is 28.1. The van der Waals surface area contributed by atoms with E-state index in [2.05, 4.69) is 10.3 Å². The second-order valence-corrected chi connectivity index (χ2v) is 8.20. The zero-order valence-corrected chi connectivity index (χ0v) is 17.0. The minimum absolute atomic E-state index is 0.229. The molecule has 146 valence electrons. The number of thioether (sulfide) groups is 1. The number of carbonyl (C=O) groups excluding carboxylic acids is 2. The first kappa shape index (κ1) is 20.2. The number of para-hydroxylation sites is 1. The second kappa shape index (κ2) is 10.1. The maximum Gasteiger partial charge on any atom is 0.307 e. The molecule has 0 radical (unpaired) electrons. The monoisotopic (exact) mass is 416 g/mol. The number of benzene rings is 2. The summed E-state index contributed by atoms with van der Waals surface area (Å²) in [5, 5.41) is 2.72. The van der Waals surface area contributed by atoms with Gasteiger partial charge in [-0.2, -0.15) is 0 Å². The largest absolute Gasteiger partial charge is 0.497 e. The van der Waals surface area contributed by atoms with Crippen LogP contribution in [-0.2, 0) is 20.9 Å². The van der Waals surface area contributed by atoms with Crippen molar-refractivity contribution in [1.82, 2.24) is 10.3 Å². The lowest BCUT2D eigenvalue weighted by molar-refractivity contribution is -0.148. The van der Waals surface area contributed by atoms with E-state index in [-0.39, 0.29) is 18.9 Å². The van der Waals surface area contributed by atoms with Gasteiger partial charge in [-0.05, 0) is 29.8 Å². The van der Waals surface area contributed by atoms with E-state index >= 15 is 0 Å². The molecule has 0 saturated heterocycles. The van der Waals surface area contributed by atoms with Crippen molar-refractivity contribution in [3.05, 3.63) is 54.1 Å². The highest BCUT2D eigenvalue weighted by Gasteiger charge is 2.09. The van der Waals surface area contributed by atoms with Crippen LogP contribution in [0, 0.1) is 0 Å². The molecule has 0 spiro atoms. The Morgan fingerprint density at radius 3 is 2.68 bits per heavy atom. The highest BCUT2D eigenvalue weighted by atomic mass is 32.2. The van der Waals surface area contributed by atoms with Crippen LogP contribution in [0.4, 0.5) is 0 Å². The molecule has 0 saturated carbocycles. The molecule has 1 heterocycles. The number of fused-ring (bicyclic) bond motifs is 1. The molecule has 1 aromatic heterocycles. The Morgan fingerprint density at radius 2 is 1.93 bits per heavy atom. The van der Waals surface area contributed by atoms with E-state index in [1.54, 1.807) is 18.4 Å². The summed E-state index contributed by atoms with van der Waals surface area (Å²) < 4.78 is 12.2. The molecule has 0 bridgehead atoms. The Hall–Kier alpha value is -2.58. The van der Waals surface area contributed by atoms with Gasteiger partial charge in [0.15, 0.2) is 10.9 Å². The van der Waals surface area contributed by atoms with Crippen LogP contribution in [0.15, 0.2) is 52.9 Å². The second-order valence-electron chi connectivity index (χ2n) is 5.83. The smallest absolute Gasteiger partial charge is 0.307 e. The van der Waals surface area contributed by atoms with E-state index in [0.717, 1.165) is 25.9 Å². The summed E-state index contributed by atoms with van der Waals surface area (Å²) in [5.74, 6) is 0.593. The van der Waals surface area contributed by atoms with Crippen LogP contribution in [0.3, 0.4) is 0 Å². The Morgan fingerprint density at radius 1 is 1.14 bits per heavy atom. The number of ether oxygens (including phenoxy) is 2. The minimum Gasteiger partial charge on any atom is -0.497 e. The molecule has 1 N–H and O–H groups in total. The SMILES string of the molecule is COc1ccc(CNC(=O)COC(=O)CCSc2nc3ccccc3s2)cc1. The first-order chi connectivity index (χ1) is 13.6. The summed E-state index contributed by atoms with van der Waals surface area (Å²) >= 11 is 3.12. The van der Waals surface area contributed by atoms with Crippen molar-refractivity contribution in [3.8, 4) is 5.75 Å². The van der Waals surface area contributed by atoms with Gasteiger partial charge in [-0.1, -0.05) is 36.0 Å². The Kier molecular flexibility index (Phi) is 7.27. The van der Waals surface area contributed by atoms with Crippen LogP contribution in [-0.4, -0.2) is 36.3 Å². The molecule has 28 heavy (non-hydrogen) atoms. The molecule has 0 unspecified atom stereocenters. The van der Waals surface area contributed by atoms with Crippen LogP contribution < -0.4 is 10.1 Å². The highest BCUT2D eigenvalue weighted by molar-refractivity contribution is 8.01. The molecule has 3 aromatic rings. The number of methoxy groups -OCH3 is 1. The molecule has 0 fully saturated rings. The van der Waals surface area contributed by atoms with Gasteiger partial charge in [-0.15, -0.1) is 11.3 Å². The Bertz CT molecular complexity index is 908.